The first kappa shape index (κ1) is 19.8. The van der Waals surface area contributed by atoms with Gasteiger partial charge in [0, 0.05) is 17.8 Å². The topological polar surface area (TPSA) is 45.2 Å². The van der Waals surface area contributed by atoms with Gasteiger partial charge in [-0.15, -0.1) is 0 Å². The molecule has 0 radical (unpaired) electrons. The highest BCUT2D eigenvalue weighted by Crippen LogP contribution is 2.40. The maximum absolute atomic E-state index is 14.2. The standard InChI is InChI=1S/C19H19Cl2F2N3O/c1-4-10-7-11-12(5-6-24-17(11)23)19(2,3)26(10)18(27)25-16-9-14(21)13(20)8-15(16)22/h5-6,8-10H,4,7H2,1-3H3,(H,25,27). The van der Waals surface area contributed by atoms with Crippen molar-refractivity contribution < 1.29 is 13.6 Å². The quantitative estimate of drug-likeness (QED) is 0.501. The van der Waals surface area contributed by atoms with Crippen molar-refractivity contribution in [2.45, 2.75) is 45.2 Å². The number of rotatable bonds is 2. The second kappa shape index (κ2) is 7.24. The van der Waals surface area contributed by atoms with E-state index in [0.717, 1.165) is 6.07 Å². The largest absolute Gasteiger partial charge is 0.322 e. The summed E-state index contributed by atoms with van der Waals surface area (Å²) in [7, 11) is 0. The van der Waals surface area contributed by atoms with Crippen molar-refractivity contribution in [3.8, 4) is 0 Å². The fraction of sp³-hybridized carbons (Fsp3) is 0.368. The Kier molecular flexibility index (Phi) is 5.32. The van der Waals surface area contributed by atoms with Gasteiger partial charge in [-0.3, -0.25) is 0 Å². The predicted molar refractivity (Wildman–Crippen MR) is 102 cm³/mol. The summed E-state index contributed by atoms with van der Waals surface area (Å²) in [5.74, 6) is -1.20. The molecule has 2 aromatic rings. The van der Waals surface area contributed by atoms with E-state index in [-0.39, 0.29) is 21.8 Å². The lowest BCUT2D eigenvalue weighted by Gasteiger charge is -2.48. The molecule has 1 N–H and O–H groups in total. The first-order chi connectivity index (χ1) is 12.7. The number of fused-ring (bicyclic) bond motifs is 1. The van der Waals surface area contributed by atoms with Gasteiger partial charge >= 0.3 is 6.03 Å². The summed E-state index contributed by atoms with van der Waals surface area (Å²) in [4.78, 5) is 18.4. The van der Waals surface area contributed by atoms with Crippen molar-refractivity contribution in [3.05, 3.63) is 57.3 Å². The molecule has 0 saturated carbocycles. The second-order valence-corrected chi connectivity index (χ2v) is 7.81. The SMILES string of the molecule is CCC1Cc2c(ccnc2F)C(C)(C)N1C(=O)Nc1cc(Cl)c(Cl)cc1F. The van der Waals surface area contributed by atoms with Gasteiger partial charge in [-0.1, -0.05) is 30.1 Å². The third-order valence-electron chi connectivity index (χ3n) is 5.01. The Balaban J connectivity index is 1.99. The molecule has 1 unspecified atom stereocenters. The van der Waals surface area contributed by atoms with Crippen LogP contribution in [0.1, 0.15) is 38.3 Å². The molecule has 0 saturated heterocycles. The third kappa shape index (κ3) is 3.48. The molecule has 0 fully saturated rings. The van der Waals surface area contributed by atoms with Gasteiger partial charge in [-0.2, -0.15) is 4.39 Å². The van der Waals surface area contributed by atoms with Gasteiger partial charge in [0.15, 0.2) is 0 Å². The highest BCUT2D eigenvalue weighted by molar-refractivity contribution is 6.42. The van der Waals surface area contributed by atoms with Gasteiger partial charge in [0.1, 0.15) is 5.82 Å². The first-order valence-electron chi connectivity index (χ1n) is 8.55. The Morgan fingerprint density at radius 2 is 2.00 bits per heavy atom. The zero-order chi connectivity index (χ0) is 19.9. The van der Waals surface area contributed by atoms with E-state index in [0.29, 0.717) is 24.0 Å². The Hall–Kier alpha value is -1.92. The minimum Gasteiger partial charge on any atom is -0.312 e. The van der Waals surface area contributed by atoms with Gasteiger partial charge in [0.05, 0.1) is 21.3 Å². The average molecular weight is 414 g/mol. The van der Waals surface area contributed by atoms with E-state index < -0.39 is 23.3 Å². The van der Waals surface area contributed by atoms with Crippen LogP contribution in [0.4, 0.5) is 19.3 Å². The summed E-state index contributed by atoms with van der Waals surface area (Å²) in [5, 5.41) is 2.77. The molecule has 0 aliphatic carbocycles. The number of nitrogens with one attached hydrogen (secondary N) is 1. The molecule has 1 aromatic carbocycles. The molecule has 0 spiro atoms. The summed E-state index contributed by atoms with van der Waals surface area (Å²) >= 11 is 11.7. The summed E-state index contributed by atoms with van der Waals surface area (Å²) in [6.45, 7) is 5.58. The van der Waals surface area contributed by atoms with E-state index in [4.69, 9.17) is 23.2 Å². The van der Waals surface area contributed by atoms with Crippen molar-refractivity contribution in [1.29, 1.82) is 0 Å². The molecule has 0 bridgehead atoms. The molecule has 1 aromatic heterocycles. The average Bonchev–Trinajstić information content (AvgIpc) is 2.59. The van der Waals surface area contributed by atoms with E-state index in [2.05, 4.69) is 10.3 Å². The highest BCUT2D eigenvalue weighted by atomic mass is 35.5. The fourth-order valence-corrected chi connectivity index (χ4v) is 4.00. The molecular weight excluding hydrogens is 395 g/mol. The fourth-order valence-electron chi connectivity index (χ4n) is 3.69. The maximum atomic E-state index is 14.2. The Labute approximate surface area is 166 Å². The van der Waals surface area contributed by atoms with Crippen LogP contribution in [0.5, 0.6) is 0 Å². The van der Waals surface area contributed by atoms with E-state index >= 15 is 0 Å². The van der Waals surface area contributed by atoms with Crippen LogP contribution in [-0.4, -0.2) is 22.0 Å². The number of urea groups is 1. The van der Waals surface area contributed by atoms with Crippen LogP contribution in [0.3, 0.4) is 0 Å². The van der Waals surface area contributed by atoms with Crippen LogP contribution < -0.4 is 5.32 Å². The monoisotopic (exact) mass is 413 g/mol. The zero-order valence-electron chi connectivity index (χ0n) is 15.1. The van der Waals surface area contributed by atoms with Gasteiger partial charge in [0.2, 0.25) is 5.95 Å². The number of aromatic nitrogens is 1. The normalized spacial score (nSPS) is 18.2. The molecular formula is C19H19Cl2F2N3O. The van der Waals surface area contributed by atoms with Gasteiger partial charge in [-0.05, 0) is 50.5 Å². The molecule has 1 aliphatic heterocycles. The Morgan fingerprint density at radius 1 is 1.33 bits per heavy atom. The Morgan fingerprint density at radius 3 is 2.67 bits per heavy atom. The van der Waals surface area contributed by atoms with Crippen molar-refractivity contribution in [2.24, 2.45) is 0 Å². The number of carbonyl (C=O) groups is 1. The molecule has 4 nitrogen and oxygen atoms in total. The molecule has 1 aliphatic rings. The van der Waals surface area contributed by atoms with E-state index in [1.165, 1.54) is 12.3 Å². The predicted octanol–water partition coefficient (Wildman–Crippen LogP) is 5.77. The number of pyridine rings is 1. The minimum absolute atomic E-state index is 0.0632. The number of nitrogens with zero attached hydrogens (tertiary/aromatic N) is 2. The third-order valence-corrected chi connectivity index (χ3v) is 5.73. The van der Waals surface area contributed by atoms with Crippen LogP contribution >= 0.6 is 23.2 Å². The number of carbonyl (C=O) groups excluding carboxylic acids is 1. The van der Waals surface area contributed by atoms with Crippen molar-refractivity contribution in [3.63, 3.8) is 0 Å². The maximum Gasteiger partial charge on any atom is 0.322 e. The van der Waals surface area contributed by atoms with Crippen molar-refractivity contribution in [2.75, 3.05) is 5.32 Å². The summed E-state index contributed by atoms with van der Waals surface area (Å²) < 4.78 is 28.4. The van der Waals surface area contributed by atoms with Crippen molar-refractivity contribution in [1.82, 2.24) is 9.88 Å². The molecule has 3 rings (SSSR count). The molecule has 27 heavy (non-hydrogen) atoms. The lowest BCUT2D eigenvalue weighted by Crippen LogP contribution is -2.57. The lowest BCUT2D eigenvalue weighted by molar-refractivity contribution is 0.0895. The van der Waals surface area contributed by atoms with Crippen LogP contribution in [0.25, 0.3) is 0 Å². The molecule has 2 amide bonds. The lowest BCUT2D eigenvalue weighted by atomic mass is 9.80. The van der Waals surface area contributed by atoms with E-state index in [1.54, 1.807) is 11.0 Å². The van der Waals surface area contributed by atoms with Crippen LogP contribution in [0.15, 0.2) is 24.4 Å². The molecule has 1 atom stereocenters. The molecule has 2 heterocycles. The second-order valence-electron chi connectivity index (χ2n) is 7.00. The smallest absolute Gasteiger partial charge is 0.312 e. The number of hydrogen-bond donors (Lipinski definition) is 1. The van der Waals surface area contributed by atoms with Crippen molar-refractivity contribution >= 4 is 34.9 Å². The van der Waals surface area contributed by atoms with Gasteiger partial charge in [-0.25, -0.2) is 14.2 Å². The number of amides is 2. The first-order valence-corrected chi connectivity index (χ1v) is 9.31. The summed E-state index contributed by atoms with van der Waals surface area (Å²) in [6, 6.07) is 3.27. The van der Waals surface area contributed by atoms with Crippen LogP contribution in [0.2, 0.25) is 10.0 Å². The summed E-state index contributed by atoms with van der Waals surface area (Å²) in [6.07, 6.45) is 2.33. The van der Waals surface area contributed by atoms with E-state index in [9.17, 15) is 13.6 Å². The van der Waals surface area contributed by atoms with Gasteiger partial charge in [0.25, 0.3) is 0 Å². The highest BCUT2D eigenvalue weighted by Gasteiger charge is 2.43. The van der Waals surface area contributed by atoms with Crippen LogP contribution in [0, 0.1) is 11.8 Å². The Bertz CT molecular complexity index is 905. The molecule has 8 heteroatoms. The van der Waals surface area contributed by atoms with Gasteiger partial charge < -0.3 is 10.2 Å². The number of halogens is 4. The summed E-state index contributed by atoms with van der Waals surface area (Å²) in [5.41, 5.74) is 0.324. The zero-order valence-corrected chi connectivity index (χ0v) is 16.6. The number of hydrogen-bond acceptors (Lipinski definition) is 2. The number of anilines is 1. The van der Waals surface area contributed by atoms with E-state index in [1.807, 2.05) is 20.8 Å². The number of benzene rings is 1. The molecule has 144 valence electrons. The van der Waals surface area contributed by atoms with Crippen LogP contribution in [-0.2, 0) is 12.0 Å². The minimum atomic E-state index is -0.811.